The summed E-state index contributed by atoms with van der Waals surface area (Å²) >= 11 is 0. The molecule has 7 nitrogen and oxygen atoms in total. The van der Waals surface area contributed by atoms with Crippen molar-refractivity contribution in [2.24, 2.45) is 0 Å². The zero-order chi connectivity index (χ0) is 21.8. The average Bonchev–Trinajstić information content (AvgIpc) is 3.23. The highest BCUT2D eigenvalue weighted by molar-refractivity contribution is 7.90. The molecule has 1 amide bonds. The predicted molar refractivity (Wildman–Crippen MR) is 116 cm³/mol. The van der Waals surface area contributed by atoms with Crippen LogP contribution >= 0.6 is 0 Å². The number of hydrogen-bond acceptors (Lipinski definition) is 6. The zero-order valence-corrected chi connectivity index (χ0v) is 17.4. The predicted octanol–water partition coefficient (Wildman–Crippen LogP) is 3.91. The molecule has 31 heavy (non-hydrogen) atoms. The molecule has 1 heterocycles. The zero-order valence-electron chi connectivity index (χ0n) is 16.6. The maximum absolute atomic E-state index is 13.1. The molecule has 0 saturated heterocycles. The minimum atomic E-state index is -3.38. The highest BCUT2D eigenvalue weighted by atomic mass is 32.2. The van der Waals surface area contributed by atoms with Crippen LogP contribution in [0.15, 0.2) is 94.2 Å². The molecule has 0 spiro atoms. The second-order valence-corrected chi connectivity index (χ2v) is 8.97. The first-order valence-corrected chi connectivity index (χ1v) is 11.4. The summed E-state index contributed by atoms with van der Waals surface area (Å²) < 4.78 is 29.2. The van der Waals surface area contributed by atoms with E-state index in [1.54, 1.807) is 12.1 Å². The number of sulfone groups is 1. The molecule has 0 radical (unpaired) electrons. The fraction of sp³-hybridized carbons (Fsp3) is 0.0870. The van der Waals surface area contributed by atoms with Crippen LogP contribution in [0.3, 0.4) is 0 Å². The second-order valence-electron chi connectivity index (χ2n) is 6.96. The average molecular weight is 433 g/mol. The van der Waals surface area contributed by atoms with E-state index < -0.39 is 15.8 Å². The number of carbonyl (C=O) groups excluding carboxylic acids is 1. The Bertz CT molecular complexity index is 1260. The Hall–Kier alpha value is -3.78. The van der Waals surface area contributed by atoms with Crippen LogP contribution in [0.2, 0.25) is 0 Å². The summed E-state index contributed by atoms with van der Waals surface area (Å²) in [6.45, 7) is 0. The Morgan fingerprint density at radius 3 is 2.06 bits per heavy atom. The molecule has 1 N–H and O–H groups in total. The topological polar surface area (TPSA) is 102 Å². The molecule has 0 aliphatic carbocycles. The lowest BCUT2D eigenvalue weighted by Gasteiger charge is -2.16. The van der Waals surface area contributed by atoms with Gasteiger partial charge in [-0.25, -0.2) is 8.42 Å². The number of rotatable bonds is 6. The highest BCUT2D eigenvalue weighted by Crippen LogP contribution is 2.27. The Morgan fingerprint density at radius 1 is 0.871 bits per heavy atom. The molecular weight excluding hydrogens is 414 g/mol. The molecule has 0 fully saturated rings. The van der Waals surface area contributed by atoms with Crippen LogP contribution in [0.25, 0.3) is 11.5 Å². The fourth-order valence-electron chi connectivity index (χ4n) is 3.21. The first-order valence-electron chi connectivity index (χ1n) is 9.46. The summed E-state index contributed by atoms with van der Waals surface area (Å²) in [5.74, 6) is -0.777. The van der Waals surface area contributed by atoms with E-state index in [1.807, 2.05) is 60.7 Å². The number of carbonyl (C=O) groups is 1. The van der Waals surface area contributed by atoms with E-state index in [2.05, 4.69) is 15.5 Å². The number of hydrogen-bond donors (Lipinski definition) is 1. The molecule has 8 heteroatoms. The van der Waals surface area contributed by atoms with E-state index in [9.17, 15) is 13.2 Å². The van der Waals surface area contributed by atoms with Gasteiger partial charge in [0.1, 0.15) is 0 Å². The monoisotopic (exact) mass is 433 g/mol. The van der Waals surface area contributed by atoms with Gasteiger partial charge in [-0.3, -0.25) is 10.1 Å². The van der Waals surface area contributed by atoms with E-state index >= 15 is 0 Å². The van der Waals surface area contributed by atoms with Gasteiger partial charge in [0.05, 0.1) is 10.8 Å². The van der Waals surface area contributed by atoms with Gasteiger partial charge in [-0.1, -0.05) is 71.8 Å². The normalized spacial score (nSPS) is 11.4. The van der Waals surface area contributed by atoms with Crippen LogP contribution in [0.5, 0.6) is 0 Å². The van der Waals surface area contributed by atoms with Gasteiger partial charge in [-0.2, -0.15) is 0 Å². The van der Waals surface area contributed by atoms with Crippen molar-refractivity contribution in [1.29, 1.82) is 0 Å². The maximum atomic E-state index is 13.1. The van der Waals surface area contributed by atoms with Crippen LogP contribution in [0.4, 0.5) is 6.01 Å². The van der Waals surface area contributed by atoms with Crippen molar-refractivity contribution in [1.82, 2.24) is 10.2 Å². The van der Waals surface area contributed by atoms with Crippen LogP contribution in [-0.4, -0.2) is 30.8 Å². The van der Waals surface area contributed by atoms with Crippen LogP contribution in [-0.2, 0) is 14.6 Å². The van der Waals surface area contributed by atoms with Gasteiger partial charge >= 0.3 is 6.01 Å². The molecule has 1 aromatic heterocycles. The SMILES string of the molecule is CS(=O)(=O)c1cccc(-c2nnc(NC(=O)C(c3ccccc3)c3ccccc3)o2)c1. The van der Waals surface area contributed by atoms with Crippen molar-refractivity contribution in [3.63, 3.8) is 0 Å². The third kappa shape index (κ3) is 4.70. The number of nitrogens with one attached hydrogen (secondary N) is 1. The Balaban J connectivity index is 1.61. The lowest BCUT2D eigenvalue weighted by Crippen LogP contribution is -2.22. The van der Waals surface area contributed by atoms with Gasteiger partial charge in [-0.15, -0.1) is 5.10 Å². The van der Waals surface area contributed by atoms with Gasteiger partial charge < -0.3 is 4.42 Å². The number of amides is 1. The van der Waals surface area contributed by atoms with Crippen molar-refractivity contribution < 1.29 is 17.6 Å². The molecule has 0 unspecified atom stereocenters. The molecule has 0 atom stereocenters. The van der Waals surface area contributed by atoms with Crippen LogP contribution in [0.1, 0.15) is 17.0 Å². The Labute approximate surface area is 179 Å². The Morgan fingerprint density at radius 2 is 1.48 bits per heavy atom. The van der Waals surface area contributed by atoms with Gasteiger partial charge in [0.15, 0.2) is 9.84 Å². The van der Waals surface area contributed by atoms with E-state index in [0.717, 1.165) is 17.4 Å². The van der Waals surface area contributed by atoms with Crippen molar-refractivity contribution >= 4 is 21.8 Å². The lowest BCUT2D eigenvalue weighted by atomic mass is 9.90. The van der Waals surface area contributed by atoms with E-state index in [1.165, 1.54) is 12.1 Å². The van der Waals surface area contributed by atoms with Gasteiger partial charge in [0.2, 0.25) is 11.8 Å². The molecule has 4 aromatic rings. The van der Waals surface area contributed by atoms with Gasteiger partial charge in [-0.05, 0) is 29.3 Å². The lowest BCUT2D eigenvalue weighted by molar-refractivity contribution is -0.116. The quantitative estimate of drug-likeness (QED) is 0.495. The van der Waals surface area contributed by atoms with Crippen LogP contribution < -0.4 is 5.32 Å². The molecule has 156 valence electrons. The number of anilines is 1. The molecule has 0 saturated carbocycles. The van der Waals surface area contributed by atoms with Crippen molar-refractivity contribution in [3.05, 3.63) is 96.1 Å². The second kappa shape index (κ2) is 8.53. The number of nitrogens with zero attached hydrogens (tertiary/aromatic N) is 2. The summed E-state index contributed by atoms with van der Waals surface area (Å²) in [7, 11) is -3.38. The summed E-state index contributed by atoms with van der Waals surface area (Å²) in [6, 6.07) is 24.9. The molecule has 0 aliphatic rings. The van der Waals surface area contributed by atoms with Crippen molar-refractivity contribution in [2.75, 3.05) is 11.6 Å². The third-order valence-electron chi connectivity index (χ3n) is 4.69. The smallest absolute Gasteiger partial charge is 0.322 e. The van der Waals surface area contributed by atoms with Crippen molar-refractivity contribution in [3.8, 4) is 11.5 Å². The van der Waals surface area contributed by atoms with E-state index in [-0.39, 0.29) is 22.7 Å². The Kier molecular flexibility index (Phi) is 5.64. The van der Waals surface area contributed by atoms with Crippen LogP contribution in [0, 0.1) is 0 Å². The van der Waals surface area contributed by atoms with E-state index in [0.29, 0.717) is 5.56 Å². The highest BCUT2D eigenvalue weighted by Gasteiger charge is 2.24. The minimum absolute atomic E-state index is 0.0679. The summed E-state index contributed by atoms with van der Waals surface area (Å²) in [6.07, 6.45) is 1.12. The van der Waals surface area contributed by atoms with Gasteiger partial charge in [0, 0.05) is 11.8 Å². The molecule has 3 aromatic carbocycles. The minimum Gasteiger partial charge on any atom is -0.403 e. The van der Waals surface area contributed by atoms with E-state index in [4.69, 9.17) is 4.42 Å². The molecule has 0 bridgehead atoms. The molecule has 0 aliphatic heterocycles. The number of benzene rings is 3. The standard InChI is InChI=1S/C23H19N3O4S/c1-31(28,29)19-14-8-13-18(15-19)22-25-26-23(30-22)24-21(27)20(16-9-4-2-5-10-16)17-11-6-3-7-12-17/h2-15,20H,1H3,(H,24,26,27). The molecule has 4 rings (SSSR count). The van der Waals surface area contributed by atoms with Gasteiger partial charge in [0.25, 0.3) is 0 Å². The summed E-state index contributed by atoms with van der Waals surface area (Å²) in [5.41, 5.74) is 2.09. The largest absolute Gasteiger partial charge is 0.403 e. The third-order valence-corrected chi connectivity index (χ3v) is 5.80. The fourth-order valence-corrected chi connectivity index (χ4v) is 3.88. The maximum Gasteiger partial charge on any atom is 0.322 e. The first-order chi connectivity index (χ1) is 14.9. The molecular formula is C23H19N3O4S. The number of aromatic nitrogens is 2. The summed E-state index contributed by atoms with van der Waals surface area (Å²) in [5, 5.41) is 10.5. The van der Waals surface area contributed by atoms with Crippen molar-refractivity contribution in [2.45, 2.75) is 10.8 Å². The summed E-state index contributed by atoms with van der Waals surface area (Å²) in [4.78, 5) is 13.3. The first kappa shape index (κ1) is 20.5.